The van der Waals surface area contributed by atoms with E-state index in [0.29, 0.717) is 16.8 Å². The Balaban J connectivity index is 2.30. The maximum atomic E-state index is 12.0. The molecule has 0 saturated carbocycles. The van der Waals surface area contributed by atoms with Crippen molar-refractivity contribution in [3.05, 3.63) is 71.2 Å². The van der Waals surface area contributed by atoms with E-state index in [1.165, 1.54) is 0 Å². The largest absolute Gasteiger partial charge is 0.481 e. The Kier molecular flexibility index (Phi) is 4.44. The molecule has 124 valence electrons. The van der Waals surface area contributed by atoms with Gasteiger partial charge in [0.15, 0.2) is 0 Å². The van der Waals surface area contributed by atoms with Crippen LogP contribution >= 0.6 is 0 Å². The minimum absolute atomic E-state index is 0.475. The molecule has 1 aromatic carbocycles. The van der Waals surface area contributed by atoms with Gasteiger partial charge >= 0.3 is 5.97 Å². The van der Waals surface area contributed by atoms with Gasteiger partial charge in [0.1, 0.15) is 5.92 Å². The van der Waals surface area contributed by atoms with E-state index in [1.54, 1.807) is 31.5 Å². The molecule has 1 aliphatic rings. The first-order valence-corrected chi connectivity index (χ1v) is 7.92. The Morgan fingerprint density at radius 1 is 1.20 bits per heavy atom. The van der Waals surface area contributed by atoms with Crippen molar-refractivity contribution < 1.29 is 9.90 Å². The summed E-state index contributed by atoms with van der Waals surface area (Å²) in [7, 11) is 0. The Bertz CT molecular complexity index is 923. The van der Waals surface area contributed by atoms with Crippen LogP contribution in [0.4, 0.5) is 0 Å². The summed E-state index contributed by atoms with van der Waals surface area (Å²) in [6, 6.07) is 13.0. The van der Waals surface area contributed by atoms with Gasteiger partial charge in [-0.1, -0.05) is 24.3 Å². The number of aromatic nitrogens is 1. The zero-order valence-electron chi connectivity index (χ0n) is 14.0. The summed E-state index contributed by atoms with van der Waals surface area (Å²) >= 11 is 0. The third kappa shape index (κ3) is 2.94. The van der Waals surface area contributed by atoms with Gasteiger partial charge in [0, 0.05) is 29.7 Å². The van der Waals surface area contributed by atoms with Crippen LogP contribution in [0.2, 0.25) is 0 Å². The van der Waals surface area contributed by atoms with Crippen LogP contribution in [0.25, 0.3) is 5.57 Å². The first kappa shape index (κ1) is 16.6. The van der Waals surface area contributed by atoms with E-state index >= 15 is 0 Å². The molecule has 0 fully saturated rings. The number of benzene rings is 1. The molecule has 0 radical (unpaired) electrons. The second-order valence-electron chi connectivity index (χ2n) is 5.99. The molecule has 1 aliphatic heterocycles. The third-order valence-electron chi connectivity index (χ3n) is 4.48. The first-order chi connectivity index (χ1) is 12.0. The lowest BCUT2D eigenvalue weighted by Gasteiger charge is -2.32. The van der Waals surface area contributed by atoms with Gasteiger partial charge in [0.2, 0.25) is 0 Å². The predicted molar refractivity (Wildman–Crippen MR) is 95.0 cm³/mol. The number of carboxylic acid groups (broad SMARTS) is 1. The van der Waals surface area contributed by atoms with E-state index in [2.05, 4.69) is 16.0 Å². The average molecular weight is 331 g/mol. The van der Waals surface area contributed by atoms with Crippen molar-refractivity contribution in [2.24, 2.45) is 10.9 Å². The highest BCUT2D eigenvalue weighted by molar-refractivity contribution is 6.06. The van der Waals surface area contributed by atoms with E-state index in [4.69, 9.17) is 0 Å². The van der Waals surface area contributed by atoms with Crippen LogP contribution in [0.5, 0.6) is 0 Å². The molecular weight excluding hydrogens is 314 g/mol. The number of pyridine rings is 1. The quantitative estimate of drug-likeness (QED) is 0.930. The zero-order valence-corrected chi connectivity index (χ0v) is 14.0. The van der Waals surface area contributed by atoms with Gasteiger partial charge in [-0.3, -0.25) is 14.8 Å². The highest BCUT2D eigenvalue weighted by Crippen LogP contribution is 2.44. The van der Waals surface area contributed by atoms with Gasteiger partial charge in [-0.25, -0.2) is 0 Å². The molecule has 0 bridgehead atoms. The topological polar surface area (TPSA) is 86.3 Å². The van der Waals surface area contributed by atoms with Crippen LogP contribution in [-0.2, 0) is 4.79 Å². The molecule has 5 heteroatoms. The number of carbonyl (C=O) groups is 1. The van der Waals surface area contributed by atoms with Crippen LogP contribution in [0.1, 0.15) is 36.5 Å². The lowest BCUT2D eigenvalue weighted by molar-refractivity contribution is -0.139. The Labute approximate surface area is 146 Å². The zero-order chi connectivity index (χ0) is 18.0. The summed E-state index contributed by atoms with van der Waals surface area (Å²) in [5.74, 6) is -2.27. The van der Waals surface area contributed by atoms with E-state index in [0.717, 1.165) is 16.8 Å². The molecule has 2 unspecified atom stereocenters. The van der Waals surface area contributed by atoms with Gasteiger partial charge in [0.05, 0.1) is 11.6 Å². The van der Waals surface area contributed by atoms with Crippen molar-refractivity contribution >= 4 is 17.3 Å². The van der Waals surface area contributed by atoms with Gasteiger partial charge in [0.25, 0.3) is 0 Å². The van der Waals surface area contributed by atoms with Crippen LogP contribution < -0.4 is 0 Å². The lowest BCUT2D eigenvalue weighted by Crippen LogP contribution is -2.32. The molecule has 2 heterocycles. The molecule has 25 heavy (non-hydrogen) atoms. The van der Waals surface area contributed by atoms with Crippen LogP contribution in [0.15, 0.2) is 59.5 Å². The highest BCUT2D eigenvalue weighted by atomic mass is 16.4. The first-order valence-electron chi connectivity index (χ1n) is 7.92. The fraction of sp³-hybridized carbons (Fsp3) is 0.200. The van der Waals surface area contributed by atoms with Crippen LogP contribution in [-0.4, -0.2) is 21.8 Å². The lowest BCUT2D eigenvalue weighted by atomic mass is 9.72. The molecule has 0 aliphatic carbocycles. The number of allylic oxidation sites excluding steroid dienone is 2. The third-order valence-corrected chi connectivity index (χ3v) is 4.48. The normalized spacial score (nSPS) is 20.0. The van der Waals surface area contributed by atoms with Crippen molar-refractivity contribution in [2.75, 3.05) is 0 Å². The summed E-state index contributed by atoms with van der Waals surface area (Å²) in [4.78, 5) is 20.7. The van der Waals surface area contributed by atoms with Crippen molar-refractivity contribution in [1.82, 2.24) is 4.98 Å². The van der Waals surface area contributed by atoms with Crippen molar-refractivity contribution in [3.8, 4) is 6.07 Å². The van der Waals surface area contributed by atoms with Gasteiger partial charge in [-0.05, 0) is 42.7 Å². The minimum Gasteiger partial charge on any atom is -0.481 e. The number of rotatable bonds is 3. The van der Waals surface area contributed by atoms with Gasteiger partial charge < -0.3 is 5.11 Å². The number of nitrogens with zero attached hydrogens (tertiary/aromatic N) is 3. The maximum absolute atomic E-state index is 12.0. The van der Waals surface area contributed by atoms with Crippen LogP contribution in [0, 0.1) is 17.2 Å². The molecule has 2 aromatic rings. The fourth-order valence-corrected chi connectivity index (χ4v) is 3.46. The summed E-state index contributed by atoms with van der Waals surface area (Å²) in [5.41, 5.74) is 4.08. The predicted octanol–water partition coefficient (Wildman–Crippen LogP) is 3.64. The monoisotopic (exact) mass is 331 g/mol. The molecule has 1 N–H and O–H groups in total. The standard InChI is InChI=1S/C20H17N3O2/c1-12-17(15-7-5-9-22-11-15)19(18(20(24)25)13(2)23-12)16-8-4-3-6-14(16)10-21/h3-9,11,18-19H,1-2H3,(H,24,25). The van der Waals surface area contributed by atoms with E-state index < -0.39 is 17.8 Å². The second kappa shape index (κ2) is 6.70. The average Bonchev–Trinajstić information content (AvgIpc) is 2.61. The van der Waals surface area contributed by atoms with E-state index in [-0.39, 0.29) is 0 Å². The SMILES string of the molecule is CC1=NC(C)=C(c2cccnc2)C(c2ccccc2C#N)C1C(=O)O. The minimum atomic E-state index is -0.951. The van der Waals surface area contributed by atoms with Gasteiger partial charge in [-0.2, -0.15) is 5.26 Å². The van der Waals surface area contributed by atoms with Crippen molar-refractivity contribution in [1.29, 1.82) is 5.26 Å². The Hall–Kier alpha value is -3.26. The summed E-state index contributed by atoms with van der Waals surface area (Å²) in [6.07, 6.45) is 3.37. The number of carboxylic acids is 1. The molecule has 5 nitrogen and oxygen atoms in total. The number of hydrogen-bond donors (Lipinski definition) is 1. The fourth-order valence-electron chi connectivity index (χ4n) is 3.46. The molecule has 3 rings (SSSR count). The number of hydrogen-bond acceptors (Lipinski definition) is 4. The van der Waals surface area contributed by atoms with E-state index in [1.807, 2.05) is 31.2 Å². The number of aliphatic carboxylic acids is 1. The van der Waals surface area contributed by atoms with Crippen LogP contribution in [0.3, 0.4) is 0 Å². The Morgan fingerprint density at radius 2 is 1.96 bits per heavy atom. The summed E-state index contributed by atoms with van der Waals surface area (Å²) < 4.78 is 0. The Morgan fingerprint density at radius 3 is 2.60 bits per heavy atom. The molecule has 0 saturated heterocycles. The maximum Gasteiger partial charge on any atom is 0.313 e. The summed E-state index contributed by atoms with van der Waals surface area (Å²) in [5, 5.41) is 19.4. The van der Waals surface area contributed by atoms with Crippen molar-refractivity contribution in [3.63, 3.8) is 0 Å². The highest BCUT2D eigenvalue weighted by Gasteiger charge is 2.39. The van der Waals surface area contributed by atoms with Crippen molar-refractivity contribution in [2.45, 2.75) is 19.8 Å². The van der Waals surface area contributed by atoms with E-state index in [9.17, 15) is 15.2 Å². The molecule has 1 aromatic heterocycles. The second-order valence-corrected chi connectivity index (χ2v) is 5.99. The number of aliphatic imine (C=N–C) groups is 1. The molecule has 0 amide bonds. The molecular formula is C20H17N3O2. The molecule has 2 atom stereocenters. The smallest absolute Gasteiger partial charge is 0.313 e. The van der Waals surface area contributed by atoms with Gasteiger partial charge in [-0.15, -0.1) is 0 Å². The number of nitriles is 1. The molecule has 0 spiro atoms. The summed E-state index contributed by atoms with van der Waals surface area (Å²) in [6.45, 7) is 3.59.